The van der Waals surface area contributed by atoms with Gasteiger partial charge in [0, 0.05) is 60.1 Å². The summed E-state index contributed by atoms with van der Waals surface area (Å²) in [5.41, 5.74) is 0. The van der Waals surface area contributed by atoms with Gasteiger partial charge in [-0.2, -0.15) is 0 Å². The Morgan fingerprint density at radius 1 is 0.262 bits per heavy atom. The molecule has 0 atom stereocenters. The SMILES string of the molecule is CCCCCCCC/C=C\CCCCCCCC(=O)O.CCCCCCCC/C=C\CCCCCCCC(=O)O.CCCCCCCC/C=C\CCCCCCCC(=O)O.[Nd]. The fraction of sp³-hybridized carbons (Fsp3) is 0.833. The van der Waals surface area contributed by atoms with Crippen LogP contribution >= 0.6 is 0 Å². The van der Waals surface area contributed by atoms with Crippen LogP contribution in [-0.4, -0.2) is 33.2 Å². The van der Waals surface area contributed by atoms with Crippen LogP contribution in [0.5, 0.6) is 0 Å². The van der Waals surface area contributed by atoms with E-state index in [-0.39, 0.29) is 40.8 Å². The van der Waals surface area contributed by atoms with E-state index in [1.807, 2.05) is 0 Å². The van der Waals surface area contributed by atoms with Crippen molar-refractivity contribution in [1.29, 1.82) is 0 Å². The van der Waals surface area contributed by atoms with Crippen LogP contribution < -0.4 is 0 Å². The second-order valence-corrected chi connectivity index (χ2v) is 17.2. The smallest absolute Gasteiger partial charge is 0.303 e. The van der Waals surface area contributed by atoms with E-state index in [1.54, 1.807) is 0 Å². The summed E-state index contributed by atoms with van der Waals surface area (Å²) in [6, 6.07) is 0. The van der Waals surface area contributed by atoms with E-state index in [2.05, 4.69) is 57.2 Å². The third-order valence-corrected chi connectivity index (χ3v) is 11.0. The maximum Gasteiger partial charge on any atom is 0.303 e. The molecule has 0 aliphatic rings. The van der Waals surface area contributed by atoms with Gasteiger partial charge >= 0.3 is 17.9 Å². The molecule has 0 heterocycles. The first kappa shape index (κ1) is 66.6. The average Bonchev–Trinajstić information content (AvgIpc) is 3.22. The Balaban J connectivity index is -0.000000396. The molecule has 358 valence electrons. The van der Waals surface area contributed by atoms with Crippen LogP contribution in [0.3, 0.4) is 0 Å². The van der Waals surface area contributed by atoms with Crippen molar-refractivity contribution in [2.24, 2.45) is 0 Å². The average molecular weight is 992 g/mol. The van der Waals surface area contributed by atoms with E-state index in [4.69, 9.17) is 15.3 Å². The Morgan fingerprint density at radius 3 is 0.574 bits per heavy atom. The standard InChI is InChI=1S/3C18H34O2.Nd/c3*1-2-3-4-5-6-7-8-9-10-11-12-13-14-15-16-17-18(19)20;/h3*9-10H,2-8,11-17H2,1H3,(H,19,20);/b3*10-9-;. The molecule has 0 aromatic heterocycles. The van der Waals surface area contributed by atoms with Crippen LogP contribution in [0.4, 0.5) is 0 Å². The first-order valence-electron chi connectivity index (χ1n) is 25.9. The number of hydrogen-bond donors (Lipinski definition) is 3. The second-order valence-electron chi connectivity index (χ2n) is 17.2. The second kappa shape index (κ2) is 63.3. The van der Waals surface area contributed by atoms with Crippen molar-refractivity contribution in [2.45, 2.75) is 290 Å². The van der Waals surface area contributed by atoms with Gasteiger partial charge in [-0.05, 0) is 96.3 Å². The van der Waals surface area contributed by atoms with Crippen LogP contribution in [-0.2, 0) is 14.4 Å². The Hall–Kier alpha value is -1.02. The van der Waals surface area contributed by atoms with Gasteiger partial charge < -0.3 is 15.3 Å². The fourth-order valence-electron chi connectivity index (χ4n) is 7.04. The number of carboxylic acids is 3. The molecular formula is C54H102NdO6. The number of allylic oxidation sites excluding steroid dienone is 6. The van der Waals surface area contributed by atoms with Gasteiger partial charge in [0.2, 0.25) is 0 Å². The van der Waals surface area contributed by atoms with Gasteiger partial charge in [-0.3, -0.25) is 14.4 Å². The molecule has 0 amide bonds. The minimum atomic E-state index is -0.664. The first-order chi connectivity index (χ1) is 29.3. The van der Waals surface area contributed by atoms with Crippen molar-refractivity contribution in [3.63, 3.8) is 0 Å². The monoisotopic (exact) mass is 989 g/mol. The van der Waals surface area contributed by atoms with Crippen molar-refractivity contribution < 1.29 is 70.5 Å². The van der Waals surface area contributed by atoms with Gasteiger partial charge in [-0.25, -0.2) is 0 Å². The molecule has 3 N–H and O–H groups in total. The van der Waals surface area contributed by atoms with Crippen LogP contribution in [0.15, 0.2) is 36.5 Å². The van der Waals surface area contributed by atoms with E-state index in [0.29, 0.717) is 19.3 Å². The van der Waals surface area contributed by atoms with Gasteiger partial charge in [0.05, 0.1) is 0 Å². The predicted octanol–water partition coefficient (Wildman–Crippen LogP) is 18.3. The van der Waals surface area contributed by atoms with Crippen LogP contribution in [0.25, 0.3) is 0 Å². The molecule has 0 aliphatic heterocycles. The maximum atomic E-state index is 10.3. The maximum absolute atomic E-state index is 10.3. The minimum absolute atomic E-state index is 0. The molecule has 0 bridgehead atoms. The van der Waals surface area contributed by atoms with Crippen molar-refractivity contribution in [1.82, 2.24) is 0 Å². The molecule has 7 heteroatoms. The number of aliphatic carboxylic acids is 3. The summed E-state index contributed by atoms with van der Waals surface area (Å²) in [5, 5.41) is 25.5. The number of carboxylic acid groups (broad SMARTS) is 3. The third kappa shape index (κ3) is 76.7. The zero-order valence-corrected chi connectivity index (χ0v) is 43.9. The fourth-order valence-corrected chi connectivity index (χ4v) is 7.04. The normalized spacial score (nSPS) is 11.1. The summed E-state index contributed by atoms with van der Waals surface area (Å²) in [6.45, 7) is 6.78. The molecule has 61 heavy (non-hydrogen) atoms. The first-order valence-corrected chi connectivity index (χ1v) is 25.9. The molecule has 0 aromatic rings. The Morgan fingerprint density at radius 2 is 0.410 bits per heavy atom. The molecule has 0 fully saturated rings. The van der Waals surface area contributed by atoms with Crippen molar-refractivity contribution >= 4 is 17.9 Å². The number of carbonyl (C=O) groups is 3. The molecule has 0 saturated carbocycles. The van der Waals surface area contributed by atoms with Crippen LogP contribution in [0.2, 0.25) is 0 Å². The van der Waals surface area contributed by atoms with Gasteiger partial charge in [0.15, 0.2) is 0 Å². The summed E-state index contributed by atoms with van der Waals surface area (Å²) in [7, 11) is 0. The predicted molar refractivity (Wildman–Crippen MR) is 261 cm³/mol. The molecule has 0 rings (SSSR count). The third-order valence-electron chi connectivity index (χ3n) is 11.0. The largest absolute Gasteiger partial charge is 0.481 e. The summed E-state index contributed by atoms with van der Waals surface area (Å²) < 4.78 is 0. The summed E-state index contributed by atoms with van der Waals surface area (Å²) in [6.07, 6.45) is 63.7. The van der Waals surface area contributed by atoms with E-state index < -0.39 is 17.9 Å². The summed E-state index contributed by atoms with van der Waals surface area (Å²) in [5.74, 6) is -1.99. The van der Waals surface area contributed by atoms with Crippen molar-refractivity contribution in [3.05, 3.63) is 36.5 Å². The zero-order valence-electron chi connectivity index (χ0n) is 40.7. The van der Waals surface area contributed by atoms with Crippen LogP contribution in [0, 0.1) is 40.8 Å². The van der Waals surface area contributed by atoms with Gasteiger partial charge in [0.1, 0.15) is 0 Å². The number of unbranched alkanes of at least 4 members (excludes halogenated alkanes) is 33. The van der Waals surface area contributed by atoms with E-state index >= 15 is 0 Å². The molecule has 6 nitrogen and oxygen atoms in total. The Bertz CT molecular complexity index is 827. The minimum Gasteiger partial charge on any atom is -0.481 e. The molecule has 0 aliphatic carbocycles. The van der Waals surface area contributed by atoms with Gasteiger partial charge in [-0.1, -0.05) is 211 Å². The molecule has 0 radical (unpaired) electrons. The van der Waals surface area contributed by atoms with Crippen LogP contribution in [0.1, 0.15) is 290 Å². The zero-order chi connectivity index (χ0) is 44.7. The van der Waals surface area contributed by atoms with Crippen molar-refractivity contribution in [3.8, 4) is 0 Å². The van der Waals surface area contributed by atoms with E-state index in [9.17, 15) is 14.4 Å². The molecule has 0 saturated heterocycles. The summed E-state index contributed by atoms with van der Waals surface area (Å²) >= 11 is 0. The van der Waals surface area contributed by atoms with E-state index in [1.165, 1.54) is 212 Å². The molecule has 0 spiro atoms. The topological polar surface area (TPSA) is 112 Å². The molecule has 0 aromatic carbocycles. The molecular weight excluding hydrogens is 889 g/mol. The number of hydrogen-bond acceptors (Lipinski definition) is 3. The summed E-state index contributed by atoms with van der Waals surface area (Å²) in [4.78, 5) is 31.0. The van der Waals surface area contributed by atoms with Gasteiger partial charge in [-0.15, -0.1) is 0 Å². The quantitative estimate of drug-likeness (QED) is 0.0414. The van der Waals surface area contributed by atoms with Gasteiger partial charge in [0.25, 0.3) is 0 Å². The molecule has 0 unspecified atom stereocenters. The Kier molecular flexibility index (Phi) is 69.1. The van der Waals surface area contributed by atoms with E-state index in [0.717, 1.165) is 38.5 Å². The number of rotatable bonds is 45. The van der Waals surface area contributed by atoms with Crippen molar-refractivity contribution in [2.75, 3.05) is 0 Å². The Labute approximate surface area is 412 Å².